The van der Waals surface area contributed by atoms with Crippen molar-refractivity contribution in [2.75, 3.05) is 23.3 Å². The first-order valence-electron chi connectivity index (χ1n) is 9.54. The van der Waals surface area contributed by atoms with Crippen LogP contribution in [-0.2, 0) is 9.59 Å². The average Bonchev–Trinajstić information content (AvgIpc) is 3.20. The number of anilines is 2. The smallest absolute Gasteiger partial charge is 0.321 e. The number of carbonyl (C=O) groups excluding carboxylic acids is 3. The zero-order chi connectivity index (χ0) is 21.3. The fraction of sp³-hybridized carbons (Fsp3) is 0.182. The zero-order valence-corrected chi connectivity index (χ0v) is 16.7. The Labute approximate surface area is 173 Å². The first-order valence-corrected chi connectivity index (χ1v) is 9.54. The van der Waals surface area contributed by atoms with Crippen molar-refractivity contribution in [3.63, 3.8) is 0 Å². The summed E-state index contributed by atoms with van der Waals surface area (Å²) in [6.07, 6.45) is 0. The molecule has 4 rings (SSSR count). The predicted octanol–water partition coefficient (Wildman–Crippen LogP) is 2.90. The van der Waals surface area contributed by atoms with Crippen molar-refractivity contribution in [2.24, 2.45) is 0 Å². The van der Waals surface area contributed by atoms with E-state index in [1.165, 1.54) is 4.90 Å². The van der Waals surface area contributed by atoms with Gasteiger partial charge in [0.2, 0.25) is 5.91 Å². The van der Waals surface area contributed by atoms with E-state index in [1.807, 2.05) is 43.3 Å². The number of imide groups is 1. The van der Waals surface area contributed by atoms with Gasteiger partial charge in [-0.15, -0.1) is 0 Å². The maximum absolute atomic E-state index is 12.7. The number of aromatic nitrogens is 2. The molecule has 1 saturated heterocycles. The second-order valence-corrected chi connectivity index (χ2v) is 7.03. The summed E-state index contributed by atoms with van der Waals surface area (Å²) in [5, 5.41) is 7.30. The molecular weight excluding hydrogens is 382 g/mol. The van der Waals surface area contributed by atoms with E-state index in [0.29, 0.717) is 17.1 Å². The molecule has 2 aromatic carbocycles. The van der Waals surface area contributed by atoms with Crippen LogP contribution in [0.4, 0.5) is 16.2 Å². The van der Waals surface area contributed by atoms with E-state index < -0.39 is 17.8 Å². The summed E-state index contributed by atoms with van der Waals surface area (Å²) in [5.41, 5.74) is 3.48. The Morgan fingerprint density at radius 2 is 1.57 bits per heavy atom. The molecule has 0 saturated carbocycles. The number of carbonyl (C=O) groups is 3. The Hall–Kier alpha value is -3.94. The summed E-state index contributed by atoms with van der Waals surface area (Å²) in [7, 11) is 0. The minimum Gasteiger partial charge on any atom is -0.321 e. The Balaban J connectivity index is 1.49. The lowest BCUT2D eigenvalue weighted by Crippen LogP contribution is -2.39. The molecule has 1 aliphatic rings. The molecule has 30 heavy (non-hydrogen) atoms. The number of amides is 4. The lowest BCUT2D eigenvalue weighted by atomic mass is 10.3. The summed E-state index contributed by atoms with van der Waals surface area (Å²) in [6.45, 7) is 3.22. The van der Waals surface area contributed by atoms with Crippen molar-refractivity contribution in [2.45, 2.75) is 13.8 Å². The fourth-order valence-corrected chi connectivity index (χ4v) is 3.47. The van der Waals surface area contributed by atoms with Gasteiger partial charge in [0.15, 0.2) is 0 Å². The van der Waals surface area contributed by atoms with Crippen LogP contribution in [0, 0.1) is 13.8 Å². The third-order valence-electron chi connectivity index (χ3n) is 4.98. The third kappa shape index (κ3) is 3.55. The summed E-state index contributed by atoms with van der Waals surface area (Å²) in [6, 6.07) is 18.0. The van der Waals surface area contributed by atoms with Crippen LogP contribution < -0.4 is 10.2 Å². The molecule has 0 radical (unpaired) electrons. The quantitative estimate of drug-likeness (QED) is 0.664. The normalized spacial score (nSPS) is 13.8. The molecule has 0 bridgehead atoms. The largest absolute Gasteiger partial charge is 0.332 e. The van der Waals surface area contributed by atoms with Crippen molar-refractivity contribution in [3.8, 4) is 5.69 Å². The lowest BCUT2D eigenvalue weighted by Gasteiger charge is -2.17. The molecule has 1 aromatic heterocycles. The van der Waals surface area contributed by atoms with Gasteiger partial charge in [0.05, 0.1) is 22.8 Å². The van der Waals surface area contributed by atoms with Crippen molar-refractivity contribution in [1.82, 2.24) is 14.7 Å². The number of hydrogen-bond donors (Lipinski definition) is 1. The number of hydrogen-bond acceptors (Lipinski definition) is 4. The molecule has 152 valence electrons. The molecule has 1 aliphatic heterocycles. The van der Waals surface area contributed by atoms with Gasteiger partial charge < -0.3 is 5.32 Å². The molecule has 8 heteroatoms. The van der Waals surface area contributed by atoms with Crippen LogP contribution in [0.3, 0.4) is 0 Å². The van der Waals surface area contributed by atoms with E-state index in [0.717, 1.165) is 16.3 Å². The maximum atomic E-state index is 12.7. The van der Waals surface area contributed by atoms with Gasteiger partial charge in [-0.25, -0.2) is 9.48 Å². The van der Waals surface area contributed by atoms with Crippen LogP contribution in [-0.4, -0.2) is 45.6 Å². The number of benzene rings is 2. The highest BCUT2D eigenvalue weighted by Gasteiger charge is 2.38. The summed E-state index contributed by atoms with van der Waals surface area (Å²) < 4.78 is 1.74. The summed E-state index contributed by atoms with van der Waals surface area (Å²) in [5.74, 6) is -0.863. The van der Waals surface area contributed by atoms with Gasteiger partial charge in [0.25, 0.3) is 5.91 Å². The lowest BCUT2D eigenvalue weighted by molar-refractivity contribution is -0.128. The van der Waals surface area contributed by atoms with E-state index in [2.05, 4.69) is 10.4 Å². The predicted molar refractivity (Wildman–Crippen MR) is 113 cm³/mol. The Bertz CT molecular complexity index is 1110. The van der Waals surface area contributed by atoms with E-state index in [9.17, 15) is 14.4 Å². The molecule has 0 atom stereocenters. The van der Waals surface area contributed by atoms with Crippen LogP contribution in [0.1, 0.15) is 11.4 Å². The molecule has 1 N–H and O–H groups in total. The highest BCUT2D eigenvalue weighted by Crippen LogP contribution is 2.24. The minimum atomic E-state index is -0.505. The Morgan fingerprint density at radius 3 is 2.20 bits per heavy atom. The Kier molecular flexibility index (Phi) is 5.05. The highest BCUT2D eigenvalue weighted by molar-refractivity contribution is 6.14. The van der Waals surface area contributed by atoms with Crippen molar-refractivity contribution < 1.29 is 14.4 Å². The van der Waals surface area contributed by atoms with Gasteiger partial charge in [-0.3, -0.25) is 19.4 Å². The van der Waals surface area contributed by atoms with Crippen LogP contribution in [0.5, 0.6) is 0 Å². The average molecular weight is 403 g/mol. The maximum Gasteiger partial charge on any atom is 0.332 e. The van der Waals surface area contributed by atoms with E-state index in [4.69, 9.17) is 0 Å². The van der Waals surface area contributed by atoms with Crippen LogP contribution in [0.25, 0.3) is 5.69 Å². The van der Waals surface area contributed by atoms with Gasteiger partial charge >= 0.3 is 6.03 Å². The molecule has 2 heterocycles. The Morgan fingerprint density at radius 1 is 0.967 bits per heavy atom. The highest BCUT2D eigenvalue weighted by atomic mass is 16.2. The standard InChI is InChI=1S/C22H21N5O3/c1-15-21(16(2)27(24-15)18-11-7-4-8-12-18)23-19(28)13-26-20(29)14-25(22(26)30)17-9-5-3-6-10-17/h3-12H,13-14H2,1-2H3,(H,23,28). The SMILES string of the molecule is Cc1nn(-c2ccccc2)c(C)c1NC(=O)CN1C(=O)CN(c2ccccc2)C1=O. The number of aryl methyl sites for hydroxylation is 1. The zero-order valence-electron chi connectivity index (χ0n) is 16.7. The summed E-state index contributed by atoms with van der Waals surface area (Å²) in [4.78, 5) is 40.0. The van der Waals surface area contributed by atoms with Crippen molar-refractivity contribution in [3.05, 3.63) is 72.1 Å². The molecule has 4 amide bonds. The van der Waals surface area contributed by atoms with Gasteiger partial charge in [-0.1, -0.05) is 36.4 Å². The molecule has 3 aromatic rings. The molecule has 0 spiro atoms. The molecule has 0 unspecified atom stereocenters. The monoisotopic (exact) mass is 403 g/mol. The topological polar surface area (TPSA) is 87.5 Å². The number of urea groups is 1. The molecule has 0 aliphatic carbocycles. The van der Waals surface area contributed by atoms with Crippen LogP contribution >= 0.6 is 0 Å². The second-order valence-electron chi connectivity index (χ2n) is 7.03. The van der Waals surface area contributed by atoms with Gasteiger partial charge in [0.1, 0.15) is 13.1 Å². The van der Waals surface area contributed by atoms with E-state index in [-0.39, 0.29) is 13.1 Å². The van der Waals surface area contributed by atoms with Gasteiger partial charge in [0, 0.05) is 5.69 Å². The molecule has 1 fully saturated rings. The van der Waals surface area contributed by atoms with E-state index >= 15 is 0 Å². The third-order valence-corrected chi connectivity index (χ3v) is 4.98. The minimum absolute atomic E-state index is 0.0832. The summed E-state index contributed by atoms with van der Waals surface area (Å²) >= 11 is 0. The van der Waals surface area contributed by atoms with E-state index in [1.54, 1.807) is 35.9 Å². The first-order chi connectivity index (χ1) is 14.5. The number of para-hydroxylation sites is 2. The number of nitrogens with zero attached hydrogens (tertiary/aromatic N) is 4. The molecular formula is C22H21N5O3. The number of nitrogens with one attached hydrogen (secondary N) is 1. The van der Waals surface area contributed by atoms with Crippen LogP contribution in [0.2, 0.25) is 0 Å². The number of rotatable bonds is 5. The fourth-order valence-electron chi connectivity index (χ4n) is 3.47. The van der Waals surface area contributed by atoms with Gasteiger partial charge in [-0.2, -0.15) is 5.10 Å². The van der Waals surface area contributed by atoms with Crippen molar-refractivity contribution >= 4 is 29.2 Å². The molecule has 8 nitrogen and oxygen atoms in total. The van der Waals surface area contributed by atoms with Crippen LogP contribution in [0.15, 0.2) is 60.7 Å². The first kappa shape index (κ1) is 19.4. The van der Waals surface area contributed by atoms with Crippen molar-refractivity contribution in [1.29, 1.82) is 0 Å². The second kappa shape index (κ2) is 7.82. The van der Waals surface area contributed by atoms with Gasteiger partial charge in [-0.05, 0) is 38.1 Å².